The SMILES string of the molecule is O=C(Nc1ccccc1Cc1ccccc1)c1ccccc1S[C@H]1CCS(=O)(=O)C1. The van der Waals surface area contributed by atoms with Gasteiger partial charge in [-0.15, -0.1) is 11.8 Å². The molecule has 154 valence electrons. The Hall–Kier alpha value is -2.57. The van der Waals surface area contributed by atoms with E-state index in [0.29, 0.717) is 12.0 Å². The van der Waals surface area contributed by atoms with E-state index in [2.05, 4.69) is 17.4 Å². The molecule has 0 spiro atoms. The van der Waals surface area contributed by atoms with E-state index in [4.69, 9.17) is 0 Å². The average molecular weight is 438 g/mol. The molecule has 1 fully saturated rings. The zero-order valence-electron chi connectivity index (χ0n) is 16.5. The lowest BCUT2D eigenvalue weighted by Crippen LogP contribution is -2.15. The molecule has 3 aromatic carbocycles. The molecule has 1 N–H and O–H groups in total. The molecule has 1 saturated heterocycles. The number of anilines is 1. The van der Waals surface area contributed by atoms with Gasteiger partial charge in [0, 0.05) is 15.8 Å². The van der Waals surface area contributed by atoms with Gasteiger partial charge in [0.25, 0.3) is 5.91 Å². The lowest BCUT2D eigenvalue weighted by atomic mass is 10.0. The van der Waals surface area contributed by atoms with Gasteiger partial charge in [0.2, 0.25) is 0 Å². The van der Waals surface area contributed by atoms with Crippen LogP contribution in [0.4, 0.5) is 5.69 Å². The maximum absolute atomic E-state index is 13.1. The maximum Gasteiger partial charge on any atom is 0.256 e. The number of sulfone groups is 1. The van der Waals surface area contributed by atoms with Crippen molar-refractivity contribution in [3.63, 3.8) is 0 Å². The Morgan fingerprint density at radius 3 is 2.40 bits per heavy atom. The first kappa shape index (κ1) is 20.7. The molecule has 0 aromatic heterocycles. The van der Waals surface area contributed by atoms with Crippen LogP contribution in [-0.4, -0.2) is 31.1 Å². The topological polar surface area (TPSA) is 63.2 Å². The van der Waals surface area contributed by atoms with Gasteiger partial charge in [-0.3, -0.25) is 4.79 Å². The van der Waals surface area contributed by atoms with Crippen LogP contribution in [0.25, 0.3) is 0 Å². The maximum atomic E-state index is 13.1. The molecule has 1 heterocycles. The van der Waals surface area contributed by atoms with Crippen LogP contribution in [-0.2, 0) is 16.3 Å². The Labute approximate surface area is 181 Å². The van der Waals surface area contributed by atoms with Gasteiger partial charge in [-0.2, -0.15) is 0 Å². The molecule has 4 rings (SSSR count). The van der Waals surface area contributed by atoms with Gasteiger partial charge in [0.1, 0.15) is 0 Å². The van der Waals surface area contributed by atoms with Crippen molar-refractivity contribution < 1.29 is 13.2 Å². The molecule has 1 amide bonds. The number of para-hydroxylation sites is 1. The van der Waals surface area contributed by atoms with Gasteiger partial charge in [0.15, 0.2) is 9.84 Å². The molecular weight excluding hydrogens is 414 g/mol. The smallest absolute Gasteiger partial charge is 0.256 e. The second kappa shape index (κ2) is 9.06. The normalized spacial score (nSPS) is 17.5. The highest BCUT2D eigenvalue weighted by Crippen LogP contribution is 2.33. The van der Waals surface area contributed by atoms with Gasteiger partial charge in [-0.25, -0.2) is 8.42 Å². The van der Waals surface area contributed by atoms with Crippen molar-refractivity contribution >= 4 is 33.2 Å². The minimum atomic E-state index is -2.95. The molecule has 0 unspecified atom stereocenters. The summed E-state index contributed by atoms with van der Waals surface area (Å²) in [6, 6.07) is 25.4. The molecule has 0 aliphatic carbocycles. The summed E-state index contributed by atoms with van der Waals surface area (Å²) in [4.78, 5) is 13.9. The molecular formula is C24H23NO3S2. The fourth-order valence-corrected chi connectivity index (χ4v) is 7.22. The molecule has 30 heavy (non-hydrogen) atoms. The number of rotatable bonds is 6. The van der Waals surface area contributed by atoms with E-state index in [1.165, 1.54) is 17.3 Å². The Balaban J connectivity index is 1.53. The first-order chi connectivity index (χ1) is 14.5. The van der Waals surface area contributed by atoms with E-state index in [-0.39, 0.29) is 22.7 Å². The summed E-state index contributed by atoms with van der Waals surface area (Å²) < 4.78 is 23.6. The van der Waals surface area contributed by atoms with E-state index < -0.39 is 9.84 Å². The third kappa shape index (κ3) is 5.12. The minimum absolute atomic E-state index is 0.00526. The molecule has 1 atom stereocenters. The fraction of sp³-hybridized carbons (Fsp3) is 0.208. The monoisotopic (exact) mass is 437 g/mol. The van der Waals surface area contributed by atoms with E-state index in [1.54, 1.807) is 6.07 Å². The highest BCUT2D eigenvalue weighted by molar-refractivity contribution is 8.02. The second-order valence-electron chi connectivity index (χ2n) is 7.41. The van der Waals surface area contributed by atoms with Gasteiger partial charge in [0.05, 0.1) is 17.1 Å². The minimum Gasteiger partial charge on any atom is -0.322 e. The number of benzene rings is 3. The predicted octanol–water partition coefficient (Wildman–Crippen LogP) is 4.81. The Morgan fingerprint density at radius 2 is 1.63 bits per heavy atom. The van der Waals surface area contributed by atoms with Crippen LogP contribution in [0.3, 0.4) is 0 Å². The molecule has 1 aliphatic rings. The van der Waals surface area contributed by atoms with Crippen molar-refractivity contribution in [3.05, 3.63) is 95.6 Å². The molecule has 3 aromatic rings. The number of carbonyl (C=O) groups is 1. The van der Waals surface area contributed by atoms with E-state index >= 15 is 0 Å². The molecule has 6 heteroatoms. The predicted molar refractivity (Wildman–Crippen MR) is 123 cm³/mol. The number of nitrogens with one attached hydrogen (secondary N) is 1. The number of thioether (sulfide) groups is 1. The van der Waals surface area contributed by atoms with Crippen LogP contribution >= 0.6 is 11.8 Å². The third-order valence-corrected chi connectivity index (χ3v) is 8.44. The first-order valence-electron chi connectivity index (χ1n) is 9.89. The van der Waals surface area contributed by atoms with E-state index in [0.717, 1.165) is 22.6 Å². The fourth-order valence-electron chi connectivity index (χ4n) is 3.59. The average Bonchev–Trinajstić information content (AvgIpc) is 3.09. The molecule has 1 aliphatic heterocycles. The Kier molecular flexibility index (Phi) is 6.25. The van der Waals surface area contributed by atoms with Crippen molar-refractivity contribution in [3.8, 4) is 0 Å². The van der Waals surface area contributed by atoms with Crippen LogP contribution in [0.1, 0.15) is 27.9 Å². The summed E-state index contributed by atoms with van der Waals surface area (Å²) in [6.07, 6.45) is 1.36. The second-order valence-corrected chi connectivity index (χ2v) is 11.0. The van der Waals surface area contributed by atoms with Crippen molar-refractivity contribution in [1.82, 2.24) is 0 Å². The van der Waals surface area contributed by atoms with Crippen molar-refractivity contribution in [1.29, 1.82) is 0 Å². The van der Waals surface area contributed by atoms with Crippen molar-refractivity contribution in [2.24, 2.45) is 0 Å². The van der Waals surface area contributed by atoms with E-state index in [1.807, 2.05) is 60.7 Å². The standard InChI is InChI=1S/C24H23NO3S2/c26-24(21-11-5-7-13-23(21)29-20-14-15-30(27,28)17-20)25-22-12-6-4-10-19(22)16-18-8-2-1-3-9-18/h1-13,20H,14-17H2,(H,25,26)/t20-/m0/s1. The van der Waals surface area contributed by atoms with Gasteiger partial charge >= 0.3 is 0 Å². The lowest BCUT2D eigenvalue weighted by molar-refractivity contribution is 0.102. The van der Waals surface area contributed by atoms with Crippen molar-refractivity contribution in [2.75, 3.05) is 16.8 Å². The zero-order valence-corrected chi connectivity index (χ0v) is 18.1. The number of hydrogen-bond acceptors (Lipinski definition) is 4. The van der Waals surface area contributed by atoms with Crippen LogP contribution in [0.5, 0.6) is 0 Å². The Bertz CT molecular complexity index is 1140. The summed E-state index contributed by atoms with van der Waals surface area (Å²) in [5, 5.41) is 3.05. The number of carbonyl (C=O) groups excluding carboxylic acids is 1. The quantitative estimate of drug-likeness (QED) is 0.601. The summed E-state index contributed by atoms with van der Waals surface area (Å²) >= 11 is 1.49. The van der Waals surface area contributed by atoms with Crippen LogP contribution in [0, 0.1) is 0 Å². The van der Waals surface area contributed by atoms with E-state index in [9.17, 15) is 13.2 Å². The molecule has 0 radical (unpaired) electrons. The lowest BCUT2D eigenvalue weighted by Gasteiger charge is -2.15. The highest BCUT2D eigenvalue weighted by Gasteiger charge is 2.29. The Morgan fingerprint density at radius 1 is 0.933 bits per heavy atom. The largest absolute Gasteiger partial charge is 0.322 e. The summed E-state index contributed by atoms with van der Waals surface area (Å²) in [6.45, 7) is 0. The third-order valence-electron chi connectivity index (χ3n) is 5.12. The van der Waals surface area contributed by atoms with Gasteiger partial charge in [-0.1, -0.05) is 60.7 Å². The number of amides is 1. The number of hydrogen-bond donors (Lipinski definition) is 1. The van der Waals surface area contributed by atoms with Gasteiger partial charge < -0.3 is 5.32 Å². The van der Waals surface area contributed by atoms with Gasteiger partial charge in [-0.05, 0) is 42.2 Å². The summed E-state index contributed by atoms with van der Waals surface area (Å²) in [7, 11) is -2.95. The molecule has 4 nitrogen and oxygen atoms in total. The zero-order chi connectivity index (χ0) is 21.0. The molecule has 0 bridgehead atoms. The van der Waals surface area contributed by atoms with Crippen molar-refractivity contribution in [2.45, 2.75) is 23.0 Å². The first-order valence-corrected chi connectivity index (χ1v) is 12.6. The van der Waals surface area contributed by atoms with Crippen LogP contribution in [0.2, 0.25) is 0 Å². The van der Waals surface area contributed by atoms with Crippen LogP contribution < -0.4 is 5.32 Å². The summed E-state index contributed by atoms with van der Waals surface area (Å²) in [5.41, 5.74) is 3.58. The molecule has 0 saturated carbocycles. The summed E-state index contributed by atoms with van der Waals surface area (Å²) in [5.74, 6) is 0.221. The van der Waals surface area contributed by atoms with Crippen LogP contribution in [0.15, 0.2) is 83.8 Å². The highest BCUT2D eigenvalue weighted by atomic mass is 32.2.